The molecular formula is C13H13ClO4. The van der Waals surface area contributed by atoms with E-state index < -0.39 is 0 Å². The molecule has 0 spiro atoms. The summed E-state index contributed by atoms with van der Waals surface area (Å²) in [5, 5.41) is 0.586. The topological polar surface area (TPSA) is 44.8 Å². The number of benzene rings is 1. The molecule has 2 aliphatic heterocycles. The van der Waals surface area contributed by atoms with Gasteiger partial charge in [-0.05, 0) is 6.92 Å². The van der Waals surface area contributed by atoms with Crippen molar-refractivity contribution in [3.63, 3.8) is 0 Å². The van der Waals surface area contributed by atoms with Gasteiger partial charge < -0.3 is 14.2 Å². The van der Waals surface area contributed by atoms with Gasteiger partial charge in [0.05, 0.1) is 24.8 Å². The van der Waals surface area contributed by atoms with Crippen LogP contribution in [0.5, 0.6) is 11.5 Å². The molecule has 96 valence electrons. The minimum Gasteiger partial charge on any atom is -0.492 e. The van der Waals surface area contributed by atoms with Crippen LogP contribution in [0.1, 0.15) is 28.4 Å². The number of fused-ring (bicyclic) bond motifs is 2. The van der Waals surface area contributed by atoms with Crippen molar-refractivity contribution in [2.24, 2.45) is 0 Å². The van der Waals surface area contributed by atoms with Crippen LogP contribution >= 0.6 is 11.6 Å². The second-order valence-corrected chi connectivity index (χ2v) is 4.60. The molecule has 2 aliphatic rings. The Morgan fingerprint density at radius 1 is 1.22 bits per heavy atom. The van der Waals surface area contributed by atoms with Crippen LogP contribution in [0.2, 0.25) is 5.02 Å². The van der Waals surface area contributed by atoms with E-state index in [4.69, 9.17) is 25.8 Å². The van der Waals surface area contributed by atoms with E-state index in [-0.39, 0.29) is 5.97 Å². The molecule has 0 N–H and O–H groups in total. The Morgan fingerprint density at radius 2 is 1.89 bits per heavy atom. The van der Waals surface area contributed by atoms with Crippen LogP contribution in [-0.4, -0.2) is 25.8 Å². The lowest BCUT2D eigenvalue weighted by atomic mass is 9.99. The molecule has 3 rings (SSSR count). The summed E-state index contributed by atoms with van der Waals surface area (Å²) < 4.78 is 16.2. The largest absolute Gasteiger partial charge is 0.492 e. The molecule has 0 saturated heterocycles. The van der Waals surface area contributed by atoms with E-state index in [1.807, 2.05) is 0 Å². The standard InChI is InChI=1S/C13H13ClO4/c1-2-16-13(15)9-7-3-5-18-12(7)10(14)8-4-6-17-11(8)9/h2-6H2,1H3. The monoisotopic (exact) mass is 268 g/mol. The zero-order chi connectivity index (χ0) is 12.7. The van der Waals surface area contributed by atoms with Crippen molar-refractivity contribution < 1.29 is 19.0 Å². The quantitative estimate of drug-likeness (QED) is 0.773. The number of carbonyl (C=O) groups excluding carboxylic acids is 1. The first kappa shape index (κ1) is 11.7. The molecule has 0 saturated carbocycles. The van der Waals surface area contributed by atoms with E-state index >= 15 is 0 Å². The Morgan fingerprint density at radius 3 is 2.61 bits per heavy atom. The summed E-state index contributed by atoms with van der Waals surface area (Å²) in [6.45, 7) is 3.21. The van der Waals surface area contributed by atoms with E-state index in [0.29, 0.717) is 54.7 Å². The fourth-order valence-electron chi connectivity index (χ4n) is 2.47. The molecule has 0 unspecified atom stereocenters. The lowest BCUT2D eigenvalue weighted by Gasteiger charge is -2.13. The van der Waals surface area contributed by atoms with E-state index in [0.717, 1.165) is 11.1 Å². The number of halogens is 1. The zero-order valence-electron chi connectivity index (χ0n) is 10.0. The SMILES string of the molecule is CCOC(=O)c1c2c(c(Cl)c3c1OCC3)OCC2. The highest BCUT2D eigenvalue weighted by Crippen LogP contribution is 2.47. The Balaban J connectivity index is 2.21. The molecule has 1 aromatic carbocycles. The molecule has 0 aliphatic carbocycles. The van der Waals surface area contributed by atoms with Gasteiger partial charge in [0.1, 0.15) is 17.1 Å². The summed E-state index contributed by atoms with van der Waals surface area (Å²) in [6, 6.07) is 0. The van der Waals surface area contributed by atoms with Gasteiger partial charge >= 0.3 is 5.97 Å². The summed E-state index contributed by atoms with van der Waals surface area (Å²) in [7, 11) is 0. The normalized spacial score (nSPS) is 15.7. The predicted molar refractivity (Wildman–Crippen MR) is 65.8 cm³/mol. The molecule has 2 heterocycles. The van der Waals surface area contributed by atoms with Gasteiger partial charge in [0.25, 0.3) is 0 Å². The van der Waals surface area contributed by atoms with Crippen LogP contribution in [0.3, 0.4) is 0 Å². The van der Waals surface area contributed by atoms with Crippen molar-refractivity contribution in [1.82, 2.24) is 0 Å². The molecule has 0 bridgehead atoms. The van der Waals surface area contributed by atoms with Gasteiger partial charge in [0.15, 0.2) is 0 Å². The van der Waals surface area contributed by atoms with E-state index in [1.165, 1.54) is 0 Å². The first-order valence-electron chi connectivity index (χ1n) is 6.04. The fraction of sp³-hybridized carbons (Fsp3) is 0.462. The number of ether oxygens (including phenoxy) is 3. The number of hydrogen-bond donors (Lipinski definition) is 0. The highest BCUT2D eigenvalue weighted by atomic mass is 35.5. The molecule has 18 heavy (non-hydrogen) atoms. The summed E-state index contributed by atoms with van der Waals surface area (Å²) in [5.74, 6) is 0.862. The van der Waals surface area contributed by atoms with Crippen molar-refractivity contribution in [1.29, 1.82) is 0 Å². The Kier molecular flexibility index (Phi) is 2.82. The second kappa shape index (κ2) is 4.35. The molecule has 4 nitrogen and oxygen atoms in total. The molecule has 0 fully saturated rings. The van der Waals surface area contributed by atoms with Crippen LogP contribution in [-0.2, 0) is 17.6 Å². The van der Waals surface area contributed by atoms with Gasteiger partial charge in [-0.25, -0.2) is 4.79 Å². The van der Waals surface area contributed by atoms with Crippen LogP contribution < -0.4 is 9.47 Å². The number of hydrogen-bond acceptors (Lipinski definition) is 4. The second-order valence-electron chi connectivity index (χ2n) is 4.22. The average Bonchev–Trinajstić information content (AvgIpc) is 2.97. The molecular weight excluding hydrogens is 256 g/mol. The van der Waals surface area contributed by atoms with Gasteiger partial charge in [-0.2, -0.15) is 0 Å². The third-order valence-electron chi connectivity index (χ3n) is 3.22. The maximum Gasteiger partial charge on any atom is 0.342 e. The molecule has 0 aromatic heterocycles. The summed E-state index contributed by atoms with van der Waals surface area (Å²) >= 11 is 6.30. The van der Waals surface area contributed by atoms with Crippen molar-refractivity contribution in [2.75, 3.05) is 19.8 Å². The van der Waals surface area contributed by atoms with Crippen LogP contribution in [0.25, 0.3) is 0 Å². The van der Waals surface area contributed by atoms with E-state index in [1.54, 1.807) is 6.92 Å². The van der Waals surface area contributed by atoms with Crippen molar-refractivity contribution >= 4 is 17.6 Å². The number of esters is 1. The Labute approximate surface area is 110 Å². The van der Waals surface area contributed by atoms with Crippen molar-refractivity contribution in [3.05, 3.63) is 21.7 Å². The first-order chi connectivity index (χ1) is 8.74. The van der Waals surface area contributed by atoms with Crippen molar-refractivity contribution in [3.8, 4) is 11.5 Å². The molecule has 5 heteroatoms. The maximum atomic E-state index is 12.1. The lowest BCUT2D eigenvalue weighted by Crippen LogP contribution is -2.09. The van der Waals surface area contributed by atoms with Gasteiger partial charge in [-0.15, -0.1) is 0 Å². The van der Waals surface area contributed by atoms with Crippen molar-refractivity contribution in [2.45, 2.75) is 19.8 Å². The smallest absolute Gasteiger partial charge is 0.342 e. The predicted octanol–water partition coefficient (Wildman–Crippen LogP) is 2.39. The Hall–Kier alpha value is -1.42. The van der Waals surface area contributed by atoms with Crippen LogP contribution in [0.4, 0.5) is 0 Å². The van der Waals surface area contributed by atoms with Gasteiger partial charge in [-0.1, -0.05) is 11.6 Å². The highest BCUT2D eigenvalue weighted by Gasteiger charge is 2.34. The highest BCUT2D eigenvalue weighted by molar-refractivity contribution is 6.33. The third-order valence-corrected chi connectivity index (χ3v) is 3.62. The third kappa shape index (κ3) is 1.56. The van der Waals surface area contributed by atoms with Crippen LogP contribution in [0, 0.1) is 0 Å². The number of rotatable bonds is 2. The summed E-state index contributed by atoms with van der Waals surface area (Å²) in [4.78, 5) is 12.1. The lowest BCUT2D eigenvalue weighted by molar-refractivity contribution is 0.0521. The molecule has 0 radical (unpaired) electrons. The molecule has 1 aromatic rings. The first-order valence-corrected chi connectivity index (χ1v) is 6.41. The Bertz CT molecular complexity index is 489. The molecule has 0 atom stereocenters. The summed E-state index contributed by atoms with van der Waals surface area (Å²) in [6.07, 6.45) is 1.37. The van der Waals surface area contributed by atoms with E-state index in [2.05, 4.69) is 0 Å². The zero-order valence-corrected chi connectivity index (χ0v) is 10.8. The maximum absolute atomic E-state index is 12.1. The average molecular weight is 269 g/mol. The summed E-state index contributed by atoms with van der Waals surface area (Å²) in [5.41, 5.74) is 2.18. The minimum absolute atomic E-state index is 0.339. The molecule has 0 amide bonds. The van der Waals surface area contributed by atoms with Crippen LogP contribution in [0.15, 0.2) is 0 Å². The van der Waals surface area contributed by atoms with Gasteiger partial charge in [-0.3, -0.25) is 0 Å². The fourth-order valence-corrected chi connectivity index (χ4v) is 2.82. The minimum atomic E-state index is -0.353. The van der Waals surface area contributed by atoms with Gasteiger partial charge in [0.2, 0.25) is 0 Å². The van der Waals surface area contributed by atoms with E-state index in [9.17, 15) is 4.79 Å². The van der Waals surface area contributed by atoms with Gasteiger partial charge in [0, 0.05) is 24.0 Å². The number of carbonyl (C=O) groups is 1.